The van der Waals surface area contributed by atoms with E-state index in [2.05, 4.69) is 5.10 Å². The first-order valence-corrected chi connectivity index (χ1v) is 5.01. The molecule has 0 atom stereocenters. The van der Waals surface area contributed by atoms with Crippen LogP contribution in [0.4, 0.5) is 0 Å². The summed E-state index contributed by atoms with van der Waals surface area (Å²) < 4.78 is 1.73. The van der Waals surface area contributed by atoms with Gasteiger partial charge in [-0.15, -0.1) is 0 Å². The lowest BCUT2D eigenvalue weighted by molar-refractivity contribution is 0.281. The minimum Gasteiger partial charge on any atom is -0.392 e. The smallest absolute Gasteiger partial charge is 0.0834 e. The van der Waals surface area contributed by atoms with Crippen LogP contribution < -0.4 is 0 Å². The summed E-state index contributed by atoms with van der Waals surface area (Å²) in [5.74, 6) is 0. The second-order valence-corrected chi connectivity index (χ2v) is 3.68. The molecule has 1 heterocycles. The molecular formula is C11H11ClN2O. The van der Waals surface area contributed by atoms with Gasteiger partial charge in [0.1, 0.15) is 0 Å². The molecule has 0 unspecified atom stereocenters. The van der Waals surface area contributed by atoms with Gasteiger partial charge in [-0.25, -0.2) is 4.68 Å². The number of aliphatic hydroxyl groups excluding tert-OH is 1. The first-order valence-electron chi connectivity index (χ1n) is 4.63. The van der Waals surface area contributed by atoms with Crippen molar-refractivity contribution in [2.24, 2.45) is 0 Å². The number of hydrogen-bond donors (Lipinski definition) is 1. The van der Waals surface area contributed by atoms with E-state index in [0.29, 0.717) is 5.02 Å². The Morgan fingerprint density at radius 2 is 2.13 bits per heavy atom. The van der Waals surface area contributed by atoms with Crippen molar-refractivity contribution < 1.29 is 5.11 Å². The summed E-state index contributed by atoms with van der Waals surface area (Å²) in [6.45, 7) is 1.90. The van der Waals surface area contributed by atoms with Crippen LogP contribution in [-0.4, -0.2) is 14.9 Å². The summed E-state index contributed by atoms with van der Waals surface area (Å²) >= 11 is 6.06. The van der Waals surface area contributed by atoms with Gasteiger partial charge >= 0.3 is 0 Å². The van der Waals surface area contributed by atoms with Crippen LogP contribution >= 0.6 is 11.6 Å². The number of hydrogen-bond acceptors (Lipinski definition) is 2. The third-order valence-corrected chi connectivity index (χ3v) is 2.68. The van der Waals surface area contributed by atoms with E-state index in [1.54, 1.807) is 10.9 Å². The second kappa shape index (κ2) is 4.04. The molecule has 1 aromatic carbocycles. The van der Waals surface area contributed by atoms with E-state index in [4.69, 9.17) is 16.7 Å². The predicted octanol–water partition coefficient (Wildman–Crippen LogP) is 2.33. The van der Waals surface area contributed by atoms with Crippen molar-refractivity contribution in [3.8, 4) is 5.69 Å². The molecule has 1 aromatic heterocycles. The minimum absolute atomic E-state index is 0.00368. The van der Waals surface area contributed by atoms with Gasteiger partial charge in [0.2, 0.25) is 0 Å². The molecule has 1 N–H and O–H groups in total. The van der Waals surface area contributed by atoms with E-state index >= 15 is 0 Å². The Morgan fingerprint density at radius 1 is 1.40 bits per heavy atom. The summed E-state index contributed by atoms with van der Waals surface area (Å²) in [6, 6.07) is 7.48. The van der Waals surface area contributed by atoms with Crippen molar-refractivity contribution in [3.63, 3.8) is 0 Å². The molecule has 78 valence electrons. The van der Waals surface area contributed by atoms with Gasteiger partial charge in [-0.05, 0) is 19.1 Å². The maximum absolute atomic E-state index is 9.06. The number of rotatable bonds is 2. The highest BCUT2D eigenvalue weighted by Crippen LogP contribution is 2.21. The van der Waals surface area contributed by atoms with Crippen molar-refractivity contribution in [2.45, 2.75) is 13.5 Å². The average Bonchev–Trinajstić information content (AvgIpc) is 2.60. The Balaban J connectivity index is 2.55. The third kappa shape index (κ3) is 1.76. The number of halogens is 1. The van der Waals surface area contributed by atoms with Gasteiger partial charge in [-0.3, -0.25) is 0 Å². The summed E-state index contributed by atoms with van der Waals surface area (Å²) in [7, 11) is 0. The van der Waals surface area contributed by atoms with Crippen molar-refractivity contribution in [2.75, 3.05) is 0 Å². The first-order chi connectivity index (χ1) is 7.24. The Bertz CT molecular complexity index is 479. The molecule has 0 aliphatic heterocycles. The van der Waals surface area contributed by atoms with E-state index in [0.717, 1.165) is 16.9 Å². The highest BCUT2D eigenvalue weighted by Gasteiger charge is 2.08. The fourth-order valence-corrected chi connectivity index (χ4v) is 1.68. The number of aliphatic hydroxyl groups is 1. The lowest BCUT2D eigenvalue weighted by atomic mass is 10.2. The highest BCUT2D eigenvalue weighted by atomic mass is 35.5. The van der Waals surface area contributed by atoms with Crippen LogP contribution in [0.2, 0.25) is 5.02 Å². The van der Waals surface area contributed by atoms with E-state index in [-0.39, 0.29) is 6.61 Å². The van der Waals surface area contributed by atoms with Gasteiger partial charge in [0.25, 0.3) is 0 Å². The maximum atomic E-state index is 9.06. The quantitative estimate of drug-likeness (QED) is 0.847. The molecule has 4 heteroatoms. The normalized spacial score (nSPS) is 10.6. The van der Waals surface area contributed by atoms with Gasteiger partial charge in [0, 0.05) is 11.3 Å². The van der Waals surface area contributed by atoms with E-state index < -0.39 is 0 Å². The maximum Gasteiger partial charge on any atom is 0.0834 e. The van der Waals surface area contributed by atoms with Crippen molar-refractivity contribution in [1.82, 2.24) is 9.78 Å². The SMILES string of the molecule is Cc1c(CO)cnn1-c1ccccc1Cl. The summed E-state index contributed by atoms with van der Waals surface area (Å²) in [5.41, 5.74) is 2.55. The zero-order chi connectivity index (χ0) is 10.8. The van der Waals surface area contributed by atoms with Crippen LogP contribution in [0.3, 0.4) is 0 Å². The van der Waals surface area contributed by atoms with Crippen molar-refractivity contribution >= 4 is 11.6 Å². The Morgan fingerprint density at radius 3 is 2.73 bits per heavy atom. The average molecular weight is 223 g/mol. The molecule has 0 bridgehead atoms. The summed E-state index contributed by atoms with van der Waals surface area (Å²) in [5, 5.41) is 13.9. The molecule has 0 radical (unpaired) electrons. The molecule has 0 spiro atoms. The van der Waals surface area contributed by atoms with Gasteiger partial charge in [0.05, 0.1) is 23.5 Å². The van der Waals surface area contributed by atoms with Crippen LogP contribution in [0.1, 0.15) is 11.3 Å². The number of para-hydroxylation sites is 1. The van der Waals surface area contributed by atoms with Crippen LogP contribution in [0, 0.1) is 6.92 Å². The molecule has 0 amide bonds. The van der Waals surface area contributed by atoms with Crippen LogP contribution in [-0.2, 0) is 6.61 Å². The fraction of sp³-hybridized carbons (Fsp3) is 0.182. The number of benzene rings is 1. The predicted molar refractivity (Wildman–Crippen MR) is 59.2 cm³/mol. The topological polar surface area (TPSA) is 38.1 Å². The molecule has 0 aliphatic rings. The lowest BCUT2D eigenvalue weighted by Crippen LogP contribution is -2.00. The number of aromatic nitrogens is 2. The highest BCUT2D eigenvalue weighted by molar-refractivity contribution is 6.32. The van der Waals surface area contributed by atoms with Gasteiger partial charge < -0.3 is 5.11 Å². The molecule has 3 nitrogen and oxygen atoms in total. The minimum atomic E-state index is -0.00368. The molecule has 0 fully saturated rings. The van der Waals surface area contributed by atoms with Gasteiger partial charge in [-0.2, -0.15) is 5.10 Å². The van der Waals surface area contributed by atoms with Crippen molar-refractivity contribution in [3.05, 3.63) is 46.7 Å². The zero-order valence-electron chi connectivity index (χ0n) is 8.31. The molecule has 2 aromatic rings. The van der Waals surface area contributed by atoms with Crippen molar-refractivity contribution in [1.29, 1.82) is 0 Å². The van der Waals surface area contributed by atoms with Crippen LogP contribution in [0.25, 0.3) is 5.69 Å². The first kappa shape index (κ1) is 10.2. The van der Waals surface area contributed by atoms with Gasteiger partial charge in [-0.1, -0.05) is 23.7 Å². The summed E-state index contributed by atoms with van der Waals surface area (Å²) in [6.07, 6.45) is 1.65. The zero-order valence-corrected chi connectivity index (χ0v) is 9.07. The monoisotopic (exact) mass is 222 g/mol. The molecule has 0 saturated carbocycles. The molecule has 15 heavy (non-hydrogen) atoms. The number of nitrogens with zero attached hydrogens (tertiary/aromatic N) is 2. The lowest BCUT2D eigenvalue weighted by Gasteiger charge is -2.06. The Kier molecular flexibility index (Phi) is 2.75. The molecule has 2 rings (SSSR count). The van der Waals surface area contributed by atoms with Gasteiger partial charge in [0.15, 0.2) is 0 Å². The standard InChI is InChI=1S/C11H11ClN2O/c1-8-9(7-15)6-13-14(8)11-5-3-2-4-10(11)12/h2-6,15H,7H2,1H3. The van der Waals surface area contributed by atoms with E-state index in [1.807, 2.05) is 31.2 Å². The Labute approximate surface area is 92.9 Å². The molecular weight excluding hydrogens is 212 g/mol. The largest absolute Gasteiger partial charge is 0.392 e. The van der Waals surface area contributed by atoms with Crippen LogP contribution in [0.15, 0.2) is 30.5 Å². The molecule has 0 saturated heterocycles. The second-order valence-electron chi connectivity index (χ2n) is 3.28. The third-order valence-electron chi connectivity index (χ3n) is 2.36. The van der Waals surface area contributed by atoms with Crippen LogP contribution in [0.5, 0.6) is 0 Å². The van der Waals surface area contributed by atoms with E-state index in [1.165, 1.54) is 0 Å². The fourth-order valence-electron chi connectivity index (χ4n) is 1.47. The summed E-state index contributed by atoms with van der Waals surface area (Å²) in [4.78, 5) is 0. The Hall–Kier alpha value is -1.32. The van der Waals surface area contributed by atoms with E-state index in [9.17, 15) is 0 Å². The molecule has 0 aliphatic carbocycles.